The second-order valence-electron chi connectivity index (χ2n) is 5.91. The molecule has 1 aliphatic rings. The van der Waals surface area contributed by atoms with E-state index in [1.807, 2.05) is 4.98 Å². The zero-order chi connectivity index (χ0) is 19.6. The van der Waals surface area contributed by atoms with Gasteiger partial charge in [0.2, 0.25) is 0 Å². The molecule has 1 aromatic rings. The number of hydrogen-bond donors (Lipinski definition) is 1. The zero-order valence-corrected chi connectivity index (χ0v) is 14.3. The van der Waals surface area contributed by atoms with E-state index in [1.165, 1.54) is 6.92 Å². The number of carbonyl (C=O) groups excluding carboxylic acids is 2. The molecular formula is C15H18F2N2O7. The molecule has 26 heavy (non-hydrogen) atoms. The fourth-order valence-corrected chi connectivity index (χ4v) is 2.57. The van der Waals surface area contributed by atoms with Crippen molar-refractivity contribution < 1.29 is 32.6 Å². The quantitative estimate of drug-likeness (QED) is 0.749. The Bertz CT molecular complexity index is 817. The highest BCUT2D eigenvalue weighted by molar-refractivity contribution is 5.66. The molecule has 0 spiro atoms. The Morgan fingerprint density at radius 3 is 2.58 bits per heavy atom. The second-order valence-corrected chi connectivity index (χ2v) is 5.91. The molecule has 9 nitrogen and oxygen atoms in total. The van der Waals surface area contributed by atoms with Crippen molar-refractivity contribution in [3.05, 3.63) is 32.6 Å². The van der Waals surface area contributed by atoms with E-state index in [2.05, 4.69) is 4.74 Å². The van der Waals surface area contributed by atoms with E-state index in [0.717, 1.165) is 24.6 Å². The average molecular weight is 376 g/mol. The van der Waals surface area contributed by atoms with Crippen LogP contribution in [0, 0.1) is 6.92 Å². The molecule has 144 valence electrons. The number of nitrogens with one attached hydrogen (secondary N) is 1. The van der Waals surface area contributed by atoms with Gasteiger partial charge < -0.3 is 14.2 Å². The molecule has 0 unspecified atom stereocenters. The summed E-state index contributed by atoms with van der Waals surface area (Å²) in [6, 6.07) is 0. The Morgan fingerprint density at radius 1 is 1.35 bits per heavy atom. The van der Waals surface area contributed by atoms with Crippen LogP contribution in [0.2, 0.25) is 0 Å². The topological polar surface area (TPSA) is 117 Å². The minimum Gasteiger partial charge on any atom is -0.463 e. The molecule has 1 aromatic heterocycles. The van der Waals surface area contributed by atoms with Crippen LogP contribution in [0.1, 0.15) is 32.1 Å². The fourth-order valence-electron chi connectivity index (χ4n) is 2.57. The number of ether oxygens (including phenoxy) is 3. The van der Waals surface area contributed by atoms with Crippen LogP contribution in [-0.4, -0.2) is 46.2 Å². The summed E-state index contributed by atoms with van der Waals surface area (Å²) >= 11 is 0. The number of H-pyrrole nitrogens is 1. The van der Waals surface area contributed by atoms with E-state index >= 15 is 0 Å². The summed E-state index contributed by atoms with van der Waals surface area (Å²) in [4.78, 5) is 47.5. The average Bonchev–Trinajstić information content (AvgIpc) is 2.50. The number of alkyl halides is 2. The number of rotatable bonds is 4. The van der Waals surface area contributed by atoms with E-state index < -0.39 is 60.6 Å². The molecule has 0 radical (unpaired) electrons. The third kappa shape index (κ3) is 4.34. The van der Waals surface area contributed by atoms with Gasteiger partial charge in [-0.1, -0.05) is 0 Å². The standard InChI is InChI=1S/C15H18F2N2O7/c1-7-5-19(14(23)18-13(7)22)11-4-15(16,17)12(25-9(3)21)10(26-11)6-24-8(2)20/h5,10-12H,4,6H2,1-3H3,(H,18,22,23)/t10-,11-,12-/m1/s1. The molecule has 1 fully saturated rings. The number of esters is 2. The molecule has 0 amide bonds. The van der Waals surface area contributed by atoms with Gasteiger partial charge in [0.25, 0.3) is 11.5 Å². The molecule has 2 heterocycles. The SMILES string of the molecule is CC(=O)OC[C@H]1O[C@@H](n2cc(C)c(=O)[nH]c2=O)CC(F)(F)[C@@H]1OC(C)=O. The van der Waals surface area contributed by atoms with Crippen molar-refractivity contribution in [2.45, 2.75) is 51.6 Å². The summed E-state index contributed by atoms with van der Waals surface area (Å²) in [5.41, 5.74) is -1.46. The second kappa shape index (κ2) is 7.36. The first-order valence-electron chi connectivity index (χ1n) is 7.67. The van der Waals surface area contributed by atoms with Crippen LogP contribution < -0.4 is 11.2 Å². The molecule has 0 aliphatic carbocycles. The zero-order valence-electron chi connectivity index (χ0n) is 14.3. The lowest BCUT2D eigenvalue weighted by Crippen LogP contribution is -2.56. The van der Waals surface area contributed by atoms with Crippen molar-refractivity contribution in [3.63, 3.8) is 0 Å². The first-order chi connectivity index (χ1) is 12.0. The maximum absolute atomic E-state index is 14.6. The minimum atomic E-state index is -3.57. The van der Waals surface area contributed by atoms with Crippen LogP contribution in [0.15, 0.2) is 15.8 Å². The maximum Gasteiger partial charge on any atom is 0.330 e. The summed E-state index contributed by atoms with van der Waals surface area (Å²) < 4.78 is 44.8. The molecule has 2 rings (SSSR count). The van der Waals surface area contributed by atoms with Crippen molar-refractivity contribution in [1.29, 1.82) is 0 Å². The van der Waals surface area contributed by atoms with E-state index in [9.17, 15) is 28.0 Å². The Morgan fingerprint density at radius 2 is 2.00 bits per heavy atom. The van der Waals surface area contributed by atoms with Crippen molar-refractivity contribution >= 4 is 11.9 Å². The number of hydrogen-bond acceptors (Lipinski definition) is 7. The first-order valence-corrected chi connectivity index (χ1v) is 7.67. The summed E-state index contributed by atoms with van der Waals surface area (Å²) in [5.74, 6) is -5.26. The molecule has 1 saturated heterocycles. The van der Waals surface area contributed by atoms with Gasteiger partial charge in [-0.3, -0.25) is 23.9 Å². The van der Waals surface area contributed by atoms with Gasteiger partial charge in [-0.2, -0.15) is 0 Å². The number of aromatic amines is 1. The van der Waals surface area contributed by atoms with Crippen molar-refractivity contribution in [3.8, 4) is 0 Å². The summed E-state index contributed by atoms with van der Waals surface area (Å²) in [5, 5.41) is 0. The number of carbonyl (C=O) groups is 2. The number of halogens is 2. The Balaban J connectivity index is 2.38. The molecule has 1 aliphatic heterocycles. The van der Waals surface area contributed by atoms with Gasteiger partial charge in [0.15, 0.2) is 6.10 Å². The molecule has 0 bridgehead atoms. The lowest BCUT2D eigenvalue weighted by atomic mass is 9.99. The Kier molecular flexibility index (Phi) is 5.59. The van der Waals surface area contributed by atoms with Crippen molar-refractivity contribution in [2.24, 2.45) is 0 Å². The van der Waals surface area contributed by atoms with E-state index in [4.69, 9.17) is 9.47 Å². The number of aromatic nitrogens is 2. The highest BCUT2D eigenvalue weighted by atomic mass is 19.3. The highest BCUT2D eigenvalue weighted by Crippen LogP contribution is 2.40. The smallest absolute Gasteiger partial charge is 0.330 e. The van der Waals surface area contributed by atoms with Crippen LogP contribution in [0.5, 0.6) is 0 Å². The van der Waals surface area contributed by atoms with E-state index in [1.54, 1.807) is 0 Å². The van der Waals surface area contributed by atoms with Crippen LogP contribution in [0.3, 0.4) is 0 Å². The van der Waals surface area contributed by atoms with Crippen LogP contribution in [-0.2, 0) is 23.8 Å². The summed E-state index contributed by atoms with van der Waals surface area (Å²) in [6.45, 7) is 2.83. The highest BCUT2D eigenvalue weighted by Gasteiger charge is 2.54. The van der Waals surface area contributed by atoms with Gasteiger partial charge in [0, 0.05) is 25.6 Å². The van der Waals surface area contributed by atoms with Gasteiger partial charge in [0.05, 0.1) is 6.42 Å². The third-order valence-corrected chi connectivity index (χ3v) is 3.73. The van der Waals surface area contributed by atoms with Crippen molar-refractivity contribution in [1.82, 2.24) is 9.55 Å². The van der Waals surface area contributed by atoms with Gasteiger partial charge in [-0.05, 0) is 6.92 Å². The van der Waals surface area contributed by atoms with Gasteiger partial charge in [-0.15, -0.1) is 0 Å². The summed E-state index contributed by atoms with van der Waals surface area (Å²) in [6.07, 6.45) is -4.84. The van der Waals surface area contributed by atoms with Gasteiger partial charge in [0.1, 0.15) is 18.9 Å². The minimum absolute atomic E-state index is 0.121. The lowest BCUT2D eigenvalue weighted by molar-refractivity contribution is -0.267. The molecule has 3 atom stereocenters. The predicted molar refractivity (Wildman–Crippen MR) is 81.7 cm³/mol. The molecule has 0 aromatic carbocycles. The van der Waals surface area contributed by atoms with Crippen molar-refractivity contribution in [2.75, 3.05) is 6.61 Å². The Hall–Kier alpha value is -2.56. The summed E-state index contributed by atoms with van der Waals surface area (Å²) in [7, 11) is 0. The normalized spacial score (nSPS) is 24.7. The lowest BCUT2D eigenvalue weighted by Gasteiger charge is -2.40. The third-order valence-electron chi connectivity index (χ3n) is 3.73. The number of aryl methyl sites for hydroxylation is 1. The van der Waals surface area contributed by atoms with Gasteiger partial charge in [-0.25, -0.2) is 13.6 Å². The van der Waals surface area contributed by atoms with Crippen LogP contribution in [0.4, 0.5) is 8.78 Å². The largest absolute Gasteiger partial charge is 0.463 e. The first kappa shape index (κ1) is 19.8. The maximum atomic E-state index is 14.6. The van der Waals surface area contributed by atoms with Crippen LogP contribution in [0.25, 0.3) is 0 Å². The van der Waals surface area contributed by atoms with Gasteiger partial charge >= 0.3 is 17.6 Å². The fraction of sp³-hybridized carbons (Fsp3) is 0.600. The number of nitrogens with zero attached hydrogens (tertiary/aromatic N) is 1. The van der Waals surface area contributed by atoms with E-state index in [-0.39, 0.29) is 5.56 Å². The Labute approximate surface area is 145 Å². The molecular weight excluding hydrogens is 358 g/mol. The predicted octanol–water partition coefficient (Wildman–Crippen LogP) is 0.263. The monoisotopic (exact) mass is 376 g/mol. The molecule has 11 heteroatoms. The van der Waals surface area contributed by atoms with E-state index in [0.29, 0.717) is 0 Å². The molecule has 1 N–H and O–H groups in total. The van der Waals surface area contributed by atoms with Crippen LogP contribution >= 0.6 is 0 Å². The molecule has 0 saturated carbocycles.